The molecule has 6 heteroatoms. The Bertz CT molecular complexity index is 367. The molecule has 22 heavy (non-hydrogen) atoms. The van der Waals surface area contributed by atoms with Gasteiger partial charge in [-0.15, -0.1) is 0 Å². The van der Waals surface area contributed by atoms with Crippen LogP contribution in [-0.2, 0) is 19.1 Å². The van der Waals surface area contributed by atoms with Crippen LogP contribution < -0.4 is 0 Å². The van der Waals surface area contributed by atoms with Crippen molar-refractivity contribution in [3.63, 3.8) is 0 Å². The third-order valence-electron chi connectivity index (χ3n) is 3.55. The number of hydrogen-bond donors (Lipinski definition) is 0. The van der Waals surface area contributed by atoms with E-state index in [-0.39, 0.29) is 11.5 Å². The van der Waals surface area contributed by atoms with Crippen LogP contribution in [0.1, 0.15) is 26.7 Å². The van der Waals surface area contributed by atoms with Crippen molar-refractivity contribution in [2.45, 2.75) is 77.4 Å². The third-order valence-corrected chi connectivity index (χ3v) is 8.46. The summed E-state index contributed by atoms with van der Waals surface area (Å²) in [5, 5.41) is 0. The molecule has 0 N–H and O–H groups in total. The highest BCUT2D eigenvalue weighted by molar-refractivity contribution is 6.77. The van der Waals surface area contributed by atoms with Gasteiger partial charge in [0.2, 0.25) is 0 Å². The molecule has 128 valence electrons. The number of esters is 2. The highest BCUT2D eigenvalue weighted by Gasteiger charge is 2.29. The largest absolute Gasteiger partial charge is 0.463 e. The molecule has 0 saturated heterocycles. The first-order chi connectivity index (χ1) is 9.91. The lowest BCUT2D eigenvalue weighted by molar-refractivity contribution is -0.142. The lowest BCUT2D eigenvalue weighted by Gasteiger charge is -2.27. The molecule has 0 amide bonds. The Morgan fingerprint density at radius 2 is 1.05 bits per heavy atom. The lowest BCUT2D eigenvalue weighted by Crippen LogP contribution is -2.41. The smallest absolute Gasteiger partial charge is 0.330 e. The van der Waals surface area contributed by atoms with Crippen LogP contribution in [0, 0.1) is 0 Å². The molecule has 0 spiro atoms. The molecule has 0 fully saturated rings. The Morgan fingerprint density at radius 3 is 1.23 bits per heavy atom. The summed E-state index contributed by atoms with van der Waals surface area (Å²) in [6, 6.07) is 0. The van der Waals surface area contributed by atoms with Crippen LogP contribution in [0.2, 0.25) is 39.3 Å². The first kappa shape index (κ1) is 21.1. The fourth-order valence-corrected chi connectivity index (χ4v) is 5.63. The molecule has 0 aromatic heterocycles. The van der Waals surface area contributed by atoms with Crippen molar-refractivity contribution in [3.05, 3.63) is 12.2 Å². The van der Waals surface area contributed by atoms with Crippen LogP contribution in [0.25, 0.3) is 0 Å². The fraction of sp³-hybridized carbons (Fsp3) is 0.750. The second kappa shape index (κ2) is 8.67. The standard InChI is InChI=1S/C16H32O4Si2/c1-9-15(21(3,4)5)19-13(17)11-12-14(18)20-16(10-2)22(6,7)8/h11-12,15-16H,9-10H2,1-8H3. The van der Waals surface area contributed by atoms with E-state index in [1.165, 1.54) is 12.2 Å². The van der Waals surface area contributed by atoms with E-state index in [4.69, 9.17) is 9.47 Å². The zero-order valence-corrected chi connectivity index (χ0v) is 17.4. The van der Waals surface area contributed by atoms with Crippen molar-refractivity contribution in [3.8, 4) is 0 Å². The van der Waals surface area contributed by atoms with Gasteiger partial charge in [-0.3, -0.25) is 0 Å². The van der Waals surface area contributed by atoms with E-state index in [2.05, 4.69) is 39.3 Å². The predicted molar refractivity (Wildman–Crippen MR) is 96.2 cm³/mol. The number of rotatable bonds is 8. The van der Waals surface area contributed by atoms with Crippen molar-refractivity contribution >= 4 is 28.1 Å². The molecule has 0 rings (SSSR count). The minimum atomic E-state index is -1.55. The van der Waals surface area contributed by atoms with Crippen molar-refractivity contribution in [2.75, 3.05) is 0 Å². The first-order valence-corrected chi connectivity index (χ1v) is 15.2. The molecular weight excluding hydrogens is 312 g/mol. The van der Waals surface area contributed by atoms with Gasteiger partial charge in [-0.25, -0.2) is 9.59 Å². The second-order valence-electron chi connectivity index (χ2n) is 7.73. The van der Waals surface area contributed by atoms with Crippen LogP contribution in [-0.4, -0.2) is 39.5 Å². The molecule has 0 aromatic carbocycles. The Balaban J connectivity index is 4.59. The van der Waals surface area contributed by atoms with Crippen LogP contribution in [0.15, 0.2) is 12.2 Å². The monoisotopic (exact) mass is 344 g/mol. The minimum Gasteiger partial charge on any atom is -0.463 e. The van der Waals surface area contributed by atoms with Crippen molar-refractivity contribution in [1.82, 2.24) is 0 Å². The molecule has 4 nitrogen and oxygen atoms in total. The zero-order chi connectivity index (χ0) is 17.6. The molecule has 0 aliphatic heterocycles. The number of carbonyl (C=O) groups is 2. The summed E-state index contributed by atoms with van der Waals surface area (Å²) in [5.41, 5.74) is -0.0721. The van der Waals surface area contributed by atoms with Crippen LogP contribution in [0.4, 0.5) is 0 Å². The number of carbonyl (C=O) groups excluding carboxylic acids is 2. The maximum atomic E-state index is 11.8. The predicted octanol–water partition coefficient (Wildman–Crippen LogP) is 3.94. The summed E-state index contributed by atoms with van der Waals surface area (Å²) in [6.45, 7) is 17.0. The second-order valence-corrected chi connectivity index (χ2v) is 18.5. The summed E-state index contributed by atoms with van der Waals surface area (Å²) >= 11 is 0. The van der Waals surface area contributed by atoms with Crippen LogP contribution in [0.3, 0.4) is 0 Å². The van der Waals surface area contributed by atoms with Crippen LogP contribution >= 0.6 is 0 Å². The van der Waals surface area contributed by atoms with E-state index in [1.807, 2.05) is 13.8 Å². The zero-order valence-electron chi connectivity index (χ0n) is 15.4. The Hall–Kier alpha value is -0.886. The van der Waals surface area contributed by atoms with Gasteiger partial charge in [0.1, 0.15) is 0 Å². The molecule has 2 atom stereocenters. The SMILES string of the molecule is CCC(OC(=O)C=CC(=O)OC(CC)[Si](C)(C)C)[Si](C)(C)C. The summed E-state index contributed by atoms with van der Waals surface area (Å²) in [7, 11) is -3.10. The molecule has 0 saturated carbocycles. The van der Waals surface area contributed by atoms with Crippen LogP contribution in [0.5, 0.6) is 0 Å². The van der Waals surface area contributed by atoms with Gasteiger partial charge in [0.05, 0.1) is 27.6 Å². The summed E-state index contributed by atoms with van der Waals surface area (Å²) in [4.78, 5) is 23.7. The van der Waals surface area contributed by atoms with Gasteiger partial charge in [-0.05, 0) is 12.8 Å². The Kier molecular flexibility index (Phi) is 8.32. The summed E-state index contributed by atoms with van der Waals surface area (Å²) in [6.07, 6.45) is 3.96. The van der Waals surface area contributed by atoms with E-state index in [0.29, 0.717) is 0 Å². The van der Waals surface area contributed by atoms with Crippen molar-refractivity contribution in [1.29, 1.82) is 0 Å². The molecule has 0 aromatic rings. The van der Waals surface area contributed by atoms with Gasteiger partial charge < -0.3 is 9.47 Å². The quantitative estimate of drug-likeness (QED) is 0.380. The minimum absolute atomic E-state index is 0.0361. The fourth-order valence-electron chi connectivity index (χ4n) is 2.24. The molecule has 0 heterocycles. The van der Waals surface area contributed by atoms with Gasteiger partial charge in [0.15, 0.2) is 0 Å². The number of hydrogen-bond acceptors (Lipinski definition) is 4. The Morgan fingerprint density at radius 1 is 0.773 bits per heavy atom. The average Bonchev–Trinajstić information content (AvgIpc) is 2.36. The lowest BCUT2D eigenvalue weighted by atomic mass is 10.4. The van der Waals surface area contributed by atoms with Crippen molar-refractivity contribution in [2.24, 2.45) is 0 Å². The van der Waals surface area contributed by atoms with Crippen molar-refractivity contribution < 1.29 is 19.1 Å². The maximum absolute atomic E-state index is 11.8. The molecule has 0 bridgehead atoms. The molecule has 0 radical (unpaired) electrons. The highest BCUT2D eigenvalue weighted by Crippen LogP contribution is 2.16. The molecule has 2 unspecified atom stereocenters. The van der Waals surface area contributed by atoms with Gasteiger partial charge in [-0.1, -0.05) is 53.1 Å². The van der Waals surface area contributed by atoms with Gasteiger partial charge in [0, 0.05) is 12.2 Å². The molecule has 0 aliphatic rings. The summed E-state index contributed by atoms with van der Waals surface area (Å²) < 4.78 is 10.9. The highest BCUT2D eigenvalue weighted by atomic mass is 28.3. The average molecular weight is 345 g/mol. The third kappa shape index (κ3) is 7.93. The van der Waals surface area contributed by atoms with E-state index < -0.39 is 28.1 Å². The number of ether oxygens (including phenoxy) is 2. The first-order valence-electron chi connectivity index (χ1n) is 8.01. The Labute approximate surface area is 137 Å². The van der Waals surface area contributed by atoms with Gasteiger partial charge in [0.25, 0.3) is 0 Å². The normalized spacial score (nSPS) is 15.5. The molecule has 0 aliphatic carbocycles. The van der Waals surface area contributed by atoms with E-state index >= 15 is 0 Å². The topological polar surface area (TPSA) is 52.6 Å². The van der Waals surface area contributed by atoms with Gasteiger partial charge in [-0.2, -0.15) is 0 Å². The summed E-state index contributed by atoms with van der Waals surface area (Å²) in [5.74, 6) is -0.931. The van der Waals surface area contributed by atoms with E-state index in [0.717, 1.165) is 12.8 Å². The van der Waals surface area contributed by atoms with Gasteiger partial charge >= 0.3 is 11.9 Å². The van der Waals surface area contributed by atoms with E-state index in [9.17, 15) is 9.59 Å². The van der Waals surface area contributed by atoms with E-state index in [1.54, 1.807) is 0 Å². The molecular formula is C16H32O4Si2. The maximum Gasteiger partial charge on any atom is 0.330 e.